The van der Waals surface area contributed by atoms with E-state index in [2.05, 4.69) is 0 Å². The molecule has 0 N–H and O–H groups in total. The van der Waals surface area contributed by atoms with E-state index in [1.807, 2.05) is 0 Å². The quantitative estimate of drug-likeness (QED) is 0.490. The van der Waals surface area contributed by atoms with Crippen molar-refractivity contribution in [2.45, 2.75) is 38.5 Å². The van der Waals surface area contributed by atoms with Gasteiger partial charge >= 0.3 is 5.97 Å². The number of Topliss-reactive ketones (excluding diaryl/α,β-unsaturated/α-hetero) is 1. The predicted octanol–water partition coefficient (Wildman–Crippen LogP) is 1.94. The van der Waals surface area contributed by atoms with Gasteiger partial charge < -0.3 is 4.74 Å². The van der Waals surface area contributed by atoms with Crippen molar-refractivity contribution in [2.24, 2.45) is 17.8 Å². The second kappa shape index (κ2) is 4.33. The van der Waals surface area contributed by atoms with Crippen LogP contribution in [0.4, 0.5) is 0 Å². The smallest absolute Gasteiger partial charge is 0.316 e. The molecular formula is C12H18O3. The van der Waals surface area contributed by atoms with Crippen LogP contribution in [0.25, 0.3) is 0 Å². The van der Waals surface area contributed by atoms with Gasteiger partial charge in [-0.25, -0.2) is 0 Å². The summed E-state index contributed by atoms with van der Waals surface area (Å²) < 4.78 is 4.75. The third-order valence-electron chi connectivity index (χ3n) is 3.96. The Hall–Kier alpha value is -0.860. The molecule has 0 bridgehead atoms. The molecule has 0 saturated heterocycles. The Kier molecular flexibility index (Phi) is 3.08. The molecule has 0 aromatic rings. The van der Waals surface area contributed by atoms with E-state index >= 15 is 0 Å². The fourth-order valence-electron chi connectivity index (χ4n) is 3.19. The predicted molar refractivity (Wildman–Crippen MR) is 55.2 cm³/mol. The van der Waals surface area contributed by atoms with Gasteiger partial charge in [0.25, 0.3) is 0 Å². The highest BCUT2D eigenvalue weighted by Crippen LogP contribution is 2.42. The van der Waals surface area contributed by atoms with E-state index in [0.717, 1.165) is 19.3 Å². The maximum absolute atomic E-state index is 11.7. The molecule has 0 heterocycles. The summed E-state index contributed by atoms with van der Waals surface area (Å²) in [5, 5.41) is 0. The van der Waals surface area contributed by atoms with Crippen LogP contribution in [0.5, 0.6) is 0 Å². The summed E-state index contributed by atoms with van der Waals surface area (Å²) >= 11 is 0. The first kappa shape index (κ1) is 10.7. The third kappa shape index (κ3) is 1.92. The highest BCUT2D eigenvalue weighted by atomic mass is 16.5. The molecule has 2 saturated carbocycles. The van der Waals surface area contributed by atoms with Crippen molar-refractivity contribution >= 4 is 11.8 Å². The van der Waals surface area contributed by atoms with Gasteiger partial charge in [-0.05, 0) is 24.7 Å². The molecule has 3 atom stereocenters. The summed E-state index contributed by atoms with van der Waals surface area (Å²) in [6.07, 6.45) is 6.17. The minimum Gasteiger partial charge on any atom is -0.468 e. The van der Waals surface area contributed by atoms with Crippen molar-refractivity contribution in [3.63, 3.8) is 0 Å². The monoisotopic (exact) mass is 210 g/mol. The molecule has 2 fully saturated rings. The van der Waals surface area contributed by atoms with E-state index in [4.69, 9.17) is 4.74 Å². The number of carbonyl (C=O) groups excluding carboxylic acids is 2. The normalized spacial score (nSPS) is 35.8. The molecule has 0 spiro atoms. The van der Waals surface area contributed by atoms with Crippen LogP contribution in [0.2, 0.25) is 0 Å². The standard InChI is InChI=1S/C12H18O3/c1-15-12(14)11-9-5-3-2-4-8(9)6-7-10(11)13/h8-9,11H,2-7H2,1H3. The van der Waals surface area contributed by atoms with Crippen LogP contribution in [0, 0.1) is 17.8 Å². The molecule has 3 unspecified atom stereocenters. The van der Waals surface area contributed by atoms with Crippen molar-refractivity contribution in [2.75, 3.05) is 7.11 Å². The molecule has 3 nitrogen and oxygen atoms in total. The fourth-order valence-corrected chi connectivity index (χ4v) is 3.19. The lowest BCUT2D eigenvalue weighted by Crippen LogP contribution is -2.41. The summed E-state index contributed by atoms with van der Waals surface area (Å²) in [5.74, 6) is 0.198. The Morgan fingerprint density at radius 2 is 2.00 bits per heavy atom. The number of methoxy groups -OCH3 is 1. The molecule has 0 aromatic heterocycles. The summed E-state index contributed by atoms with van der Waals surface area (Å²) in [4.78, 5) is 23.3. The minimum atomic E-state index is -0.450. The Bertz CT molecular complexity index is 264. The molecule has 2 aliphatic carbocycles. The zero-order valence-electron chi connectivity index (χ0n) is 9.20. The molecule has 0 radical (unpaired) electrons. The largest absolute Gasteiger partial charge is 0.468 e. The first-order chi connectivity index (χ1) is 7.24. The molecule has 0 aliphatic heterocycles. The number of esters is 1. The van der Waals surface area contributed by atoms with Gasteiger partial charge in [-0.3, -0.25) is 9.59 Å². The van der Waals surface area contributed by atoms with E-state index in [1.165, 1.54) is 20.0 Å². The van der Waals surface area contributed by atoms with Gasteiger partial charge in [-0.2, -0.15) is 0 Å². The summed E-state index contributed by atoms with van der Waals surface area (Å²) in [6, 6.07) is 0. The molecule has 15 heavy (non-hydrogen) atoms. The number of ether oxygens (including phenoxy) is 1. The molecule has 84 valence electrons. The van der Waals surface area contributed by atoms with E-state index in [9.17, 15) is 9.59 Å². The van der Waals surface area contributed by atoms with Gasteiger partial charge in [-0.1, -0.05) is 19.3 Å². The Labute approximate surface area is 90.2 Å². The van der Waals surface area contributed by atoms with Crippen LogP contribution in [0.15, 0.2) is 0 Å². The van der Waals surface area contributed by atoms with Crippen LogP contribution in [0.1, 0.15) is 38.5 Å². The lowest BCUT2D eigenvalue weighted by Gasteiger charge is -2.38. The topological polar surface area (TPSA) is 43.4 Å². The van der Waals surface area contributed by atoms with Gasteiger partial charge in [0.15, 0.2) is 0 Å². The number of hydrogen-bond donors (Lipinski definition) is 0. The Morgan fingerprint density at radius 3 is 2.73 bits per heavy atom. The number of ketones is 1. The second-order valence-electron chi connectivity index (χ2n) is 4.71. The van der Waals surface area contributed by atoms with Gasteiger partial charge in [0.2, 0.25) is 0 Å². The van der Waals surface area contributed by atoms with Crippen molar-refractivity contribution in [1.82, 2.24) is 0 Å². The number of fused-ring (bicyclic) bond motifs is 1. The van der Waals surface area contributed by atoms with Crippen LogP contribution >= 0.6 is 0 Å². The summed E-state index contributed by atoms with van der Waals surface area (Å²) in [5.41, 5.74) is 0. The summed E-state index contributed by atoms with van der Waals surface area (Å²) in [6.45, 7) is 0. The van der Waals surface area contributed by atoms with E-state index in [1.54, 1.807) is 0 Å². The number of rotatable bonds is 1. The van der Waals surface area contributed by atoms with Crippen molar-refractivity contribution in [3.05, 3.63) is 0 Å². The van der Waals surface area contributed by atoms with E-state index < -0.39 is 5.92 Å². The average Bonchev–Trinajstić information content (AvgIpc) is 2.28. The Balaban J connectivity index is 2.16. The molecule has 2 rings (SSSR count). The number of hydrogen-bond acceptors (Lipinski definition) is 3. The fraction of sp³-hybridized carbons (Fsp3) is 0.833. The lowest BCUT2D eigenvalue weighted by atomic mass is 9.65. The van der Waals surface area contributed by atoms with E-state index in [-0.39, 0.29) is 17.7 Å². The van der Waals surface area contributed by atoms with Gasteiger partial charge in [0, 0.05) is 6.42 Å². The second-order valence-corrected chi connectivity index (χ2v) is 4.71. The molecule has 3 heteroatoms. The van der Waals surface area contributed by atoms with Gasteiger partial charge in [0.1, 0.15) is 11.7 Å². The van der Waals surface area contributed by atoms with Crippen molar-refractivity contribution in [3.8, 4) is 0 Å². The van der Waals surface area contributed by atoms with Crippen LogP contribution in [-0.4, -0.2) is 18.9 Å². The SMILES string of the molecule is COC(=O)C1C(=O)CCC2CCCCC21. The van der Waals surface area contributed by atoms with E-state index in [0.29, 0.717) is 12.3 Å². The Morgan fingerprint density at radius 1 is 1.27 bits per heavy atom. The van der Waals surface area contributed by atoms with Gasteiger partial charge in [-0.15, -0.1) is 0 Å². The first-order valence-electron chi connectivity index (χ1n) is 5.84. The highest BCUT2D eigenvalue weighted by Gasteiger charge is 2.43. The zero-order chi connectivity index (χ0) is 10.8. The average molecular weight is 210 g/mol. The molecular weight excluding hydrogens is 192 g/mol. The number of carbonyl (C=O) groups is 2. The van der Waals surface area contributed by atoms with Gasteiger partial charge in [0.05, 0.1) is 7.11 Å². The van der Waals surface area contributed by atoms with Crippen molar-refractivity contribution < 1.29 is 14.3 Å². The molecule has 2 aliphatic rings. The zero-order valence-corrected chi connectivity index (χ0v) is 9.20. The minimum absolute atomic E-state index is 0.102. The lowest BCUT2D eigenvalue weighted by molar-refractivity contribution is -0.155. The summed E-state index contributed by atoms with van der Waals surface area (Å²) in [7, 11) is 1.38. The highest BCUT2D eigenvalue weighted by molar-refractivity contribution is 5.99. The van der Waals surface area contributed by atoms with Crippen LogP contribution < -0.4 is 0 Å². The van der Waals surface area contributed by atoms with Crippen molar-refractivity contribution in [1.29, 1.82) is 0 Å². The maximum atomic E-state index is 11.7. The molecule has 0 amide bonds. The van der Waals surface area contributed by atoms with Crippen LogP contribution in [-0.2, 0) is 14.3 Å². The van der Waals surface area contributed by atoms with Crippen LogP contribution in [0.3, 0.4) is 0 Å². The maximum Gasteiger partial charge on any atom is 0.316 e. The first-order valence-corrected chi connectivity index (χ1v) is 5.84. The third-order valence-corrected chi connectivity index (χ3v) is 3.96. The molecule has 0 aromatic carbocycles.